The summed E-state index contributed by atoms with van der Waals surface area (Å²) < 4.78 is 1.02. The minimum absolute atomic E-state index is 0.209. The second-order valence-electron chi connectivity index (χ2n) is 4.78. The van der Waals surface area contributed by atoms with Gasteiger partial charge in [-0.15, -0.1) is 0 Å². The SMILES string of the molecule is CCCNc1ccc(C(=O)Nc2ccc(Br)c(C)c2)nc1. The van der Waals surface area contributed by atoms with Crippen LogP contribution in [0.5, 0.6) is 0 Å². The summed E-state index contributed by atoms with van der Waals surface area (Å²) in [5.41, 5.74) is 3.15. The van der Waals surface area contributed by atoms with Crippen LogP contribution in [0.3, 0.4) is 0 Å². The molecule has 5 heteroatoms. The molecule has 0 aliphatic heterocycles. The summed E-state index contributed by atoms with van der Waals surface area (Å²) in [6.45, 7) is 4.97. The molecule has 0 atom stereocenters. The summed E-state index contributed by atoms with van der Waals surface area (Å²) in [6.07, 6.45) is 2.72. The van der Waals surface area contributed by atoms with E-state index in [0.29, 0.717) is 5.69 Å². The molecule has 110 valence electrons. The number of amides is 1. The number of pyridine rings is 1. The van der Waals surface area contributed by atoms with Crippen LogP contribution in [0.15, 0.2) is 41.0 Å². The molecule has 21 heavy (non-hydrogen) atoms. The fourth-order valence-corrected chi connectivity index (χ4v) is 2.07. The van der Waals surface area contributed by atoms with Crippen LogP contribution in [0, 0.1) is 6.92 Å². The largest absolute Gasteiger partial charge is 0.384 e. The van der Waals surface area contributed by atoms with Crippen LogP contribution in [0.2, 0.25) is 0 Å². The van der Waals surface area contributed by atoms with Gasteiger partial charge in [0.05, 0.1) is 11.9 Å². The van der Waals surface area contributed by atoms with Gasteiger partial charge in [0.25, 0.3) is 5.91 Å². The van der Waals surface area contributed by atoms with Crippen molar-refractivity contribution < 1.29 is 4.79 Å². The van der Waals surface area contributed by atoms with Crippen molar-refractivity contribution in [3.05, 3.63) is 52.3 Å². The van der Waals surface area contributed by atoms with Gasteiger partial charge in [0, 0.05) is 16.7 Å². The number of hydrogen-bond acceptors (Lipinski definition) is 3. The van der Waals surface area contributed by atoms with Crippen molar-refractivity contribution in [3.8, 4) is 0 Å². The van der Waals surface area contributed by atoms with E-state index in [2.05, 4.69) is 38.5 Å². The molecule has 2 rings (SSSR count). The molecule has 1 heterocycles. The highest BCUT2D eigenvalue weighted by Gasteiger charge is 2.08. The molecule has 0 aliphatic carbocycles. The van der Waals surface area contributed by atoms with Gasteiger partial charge >= 0.3 is 0 Å². The fourth-order valence-electron chi connectivity index (χ4n) is 1.82. The van der Waals surface area contributed by atoms with Crippen LogP contribution >= 0.6 is 15.9 Å². The number of carbonyl (C=O) groups is 1. The number of aryl methyl sites for hydroxylation is 1. The monoisotopic (exact) mass is 347 g/mol. The predicted molar refractivity (Wildman–Crippen MR) is 89.8 cm³/mol. The van der Waals surface area contributed by atoms with Gasteiger partial charge in [-0.05, 0) is 49.2 Å². The Labute approximate surface area is 133 Å². The first kappa shape index (κ1) is 15.5. The summed E-state index contributed by atoms with van der Waals surface area (Å²) in [6, 6.07) is 9.27. The molecule has 0 bridgehead atoms. The van der Waals surface area contributed by atoms with E-state index in [9.17, 15) is 4.79 Å². The normalized spacial score (nSPS) is 10.2. The van der Waals surface area contributed by atoms with Crippen LogP contribution in [-0.2, 0) is 0 Å². The average molecular weight is 348 g/mol. The highest BCUT2D eigenvalue weighted by Crippen LogP contribution is 2.20. The Kier molecular flexibility index (Phi) is 5.33. The maximum atomic E-state index is 12.1. The summed E-state index contributed by atoms with van der Waals surface area (Å²) in [7, 11) is 0. The molecule has 2 aromatic rings. The van der Waals surface area contributed by atoms with Crippen molar-refractivity contribution in [3.63, 3.8) is 0 Å². The first-order valence-electron chi connectivity index (χ1n) is 6.87. The summed E-state index contributed by atoms with van der Waals surface area (Å²) in [4.78, 5) is 16.3. The lowest BCUT2D eigenvalue weighted by molar-refractivity contribution is 0.102. The van der Waals surface area contributed by atoms with E-state index in [1.807, 2.05) is 31.2 Å². The van der Waals surface area contributed by atoms with Crippen molar-refractivity contribution in [2.45, 2.75) is 20.3 Å². The van der Waals surface area contributed by atoms with E-state index >= 15 is 0 Å². The molecule has 0 radical (unpaired) electrons. The van der Waals surface area contributed by atoms with Crippen LogP contribution in [0.25, 0.3) is 0 Å². The Morgan fingerprint density at radius 3 is 2.62 bits per heavy atom. The molecule has 1 amide bonds. The number of carbonyl (C=O) groups excluding carboxylic acids is 1. The van der Waals surface area contributed by atoms with Gasteiger partial charge in [0.15, 0.2) is 0 Å². The van der Waals surface area contributed by atoms with Gasteiger partial charge in [0.1, 0.15) is 5.69 Å². The highest BCUT2D eigenvalue weighted by atomic mass is 79.9. The maximum Gasteiger partial charge on any atom is 0.274 e. The summed E-state index contributed by atoms with van der Waals surface area (Å²) in [5, 5.41) is 6.07. The highest BCUT2D eigenvalue weighted by molar-refractivity contribution is 9.10. The molecule has 0 saturated carbocycles. The Bertz CT molecular complexity index is 626. The predicted octanol–water partition coefficient (Wildman–Crippen LogP) is 4.23. The third-order valence-corrected chi connectivity index (χ3v) is 3.88. The number of halogens is 1. The van der Waals surface area contributed by atoms with Crippen molar-refractivity contribution in [2.75, 3.05) is 17.2 Å². The van der Waals surface area contributed by atoms with Crippen LogP contribution in [-0.4, -0.2) is 17.4 Å². The van der Waals surface area contributed by atoms with Crippen LogP contribution < -0.4 is 10.6 Å². The summed E-state index contributed by atoms with van der Waals surface area (Å²) >= 11 is 3.44. The third kappa shape index (κ3) is 4.29. The van der Waals surface area contributed by atoms with Crippen molar-refractivity contribution in [1.82, 2.24) is 4.98 Å². The zero-order valence-corrected chi connectivity index (χ0v) is 13.7. The number of anilines is 2. The molecular weight excluding hydrogens is 330 g/mol. The lowest BCUT2D eigenvalue weighted by Gasteiger charge is -2.08. The van der Waals surface area contributed by atoms with E-state index in [1.54, 1.807) is 12.3 Å². The molecule has 4 nitrogen and oxygen atoms in total. The number of hydrogen-bond donors (Lipinski definition) is 2. The molecule has 0 fully saturated rings. The fraction of sp³-hybridized carbons (Fsp3) is 0.250. The first-order valence-corrected chi connectivity index (χ1v) is 7.67. The standard InChI is InChI=1S/C16H18BrN3O/c1-3-8-18-13-5-7-15(19-10-13)16(21)20-12-4-6-14(17)11(2)9-12/h4-7,9-10,18H,3,8H2,1-2H3,(H,20,21). The smallest absolute Gasteiger partial charge is 0.274 e. The zero-order valence-electron chi connectivity index (χ0n) is 12.1. The lowest BCUT2D eigenvalue weighted by Crippen LogP contribution is -2.14. The molecular formula is C16H18BrN3O. The first-order chi connectivity index (χ1) is 10.1. The number of aromatic nitrogens is 1. The van der Waals surface area contributed by atoms with Gasteiger partial charge in [-0.3, -0.25) is 4.79 Å². The van der Waals surface area contributed by atoms with Gasteiger partial charge in [-0.1, -0.05) is 22.9 Å². The number of nitrogens with one attached hydrogen (secondary N) is 2. The molecule has 0 aliphatic rings. The van der Waals surface area contributed by atoms with E-state index in [4.69, 9.17) is 0 Å². The molecule has 0 unspecified atom stereocenters. The average Bonchev–Trinajstić information content (AvgIpc) is 2.49. The van der Waals surface area contributed by atoms with Gasteiger partial charge < -0.3 is 10.6 Å². The second kappa shape index (κ2) is 7.22. The third-order valence-electron chi connectivity index (χ3n) is 2.99. The number of benzene rings is 1. The Hall–Kier alpha value is -1.88. The minimum Gasteiger partial charge on any atom is -0.384 e. The Balaban J connectivity index is 2.04. The Morgan fingerprint density at radius 2 is 2.00 bits per heavy atom. The van der Waals surface area contributed by atoms with Crippen LogP contribution in [0.4, 0.5) is 11.4 Å². The van der Waals surface area contributed by atoms with Crippen molar-refractivity contribution >= 4 is 33.2 Å². The van der Waals surface area contributed by atoms with E-state index in [-0.39, 0.29) is 5.91 Å². The number of nitrogens with zero attached hydrogens (tertiary/aromatic N) is 1. The second-order valence-corrected chi connectivity index (χ2v) is 5.63. The number of rotatable bonds is 5. The lowest BCUT2D eigenvalue weighted by atomic mass is 10.2. The van der Waals surface area contributed by atoms with Gasteiger partial charge in [-0.2, -0.15) is 0 Å². The minimum atomic E-state index is -0.209. The van der Waals surface area contributed by atoms with Gasteiger partial charge in [0.2, 0.25) is 0 Å². The van der Waals surface area contributed by atoms with E-state index in [1.165, 1.54) is 0 Å². The van der Waals surface area contributed by atoms with Crippen molar-refractivity contribution in [1.29, 1.82) is 0 Å². The maximum absolute atomic E-state index is 12.1. The molecule has 0 saturated heterocycles. The van der Waals surface area contributed by atoms with Gasteiger partial charge in [-0.25, -0.2) is 4.98 Å². The quantitative estimate of drug-likeness (QED) is 0.850. The molecule has 1 aromatic heterocycles. The zero-order chi connectivity index (χ0) is 15.2. The summed E-state index contributed by atoms with van der Waals surface area (Å²) in [5.74, 6) is -0.209. The molecule has 2 N–H and O–H groups in total. The van der Waals surface area contributed by atoms with E-state index in [0.717, 1.165) is 34.4 Å². The van der Waals surface area contributed by atoms with E-state index < -0.39 is 0 Å². The van der Waals surface area contributed by atoms with Crippen LogP contribution in [0.1, 0.15) is 29.4 Å². The topological polar surface area (TPSA) is 54.0 Å². The Morgan fingerprint density at radius 1 is 1.24 bits per heavy atom. The van der Waals surface area contributed by atoms with Crippen molar-refractivity contribution in [2.24, 2.45) is 0 Å². The molecule has 1 aromatic carbocycles. The molecule has 0 spiro atoms.